The van der Waals surface area contributed by atoms with Crippen molar-refractivity contribution in [2.24, 2.45) is 5.92 Å². The lowest BCUT2D eigenvalue weighted by molar-refractivity contribution is -0.156. The average molecular weight is 571 g/mol. The normalized spacial score (nSPS) is 20.5. The van der Waals surface area contributed by atoms with Crippen molar-refractivity contribution in [1.82, 2.24) is 10.2 Å². The molecule has 7 nitrogen and oxygen atoms in total. The molecule has 1 heterocycles. The molecule has 41 heavy (non-hydrogen) atoms. The molecule has 4 atom stereocenters. The fraction of sp³-hybridized carbons (Fsp3) is 0.735. The zero-order valence-electron chi connectivity index (χ0n) is 25.6. The van der Waals surface area contributed by atoms with E-state index >= 15 is 0 Å². The largest absolute Gasteiger partial charge is 0.466 e. The highest BCUT2D eigenvalue weighted by Gasteiger charge is 2.49. The van der Waals surface area contributed by atoms with Gasteiger partial charge in [-0.2, -0.15) is 0 Å². The summed E-state index contributed by atoms with van der Waals surface area (Å²) in [6.07, 6.45) is 17.6. The summed E-state index contributed by atoms with van der Waals surface area (Å²) < 4.78 is 10.6. The lowest BCUT2D eigenvalue weighted by atomic mass is 10.0. The van der Waals surface area contributed by atoms with E-state index < -0.39 is 6.04 Å². The molecular weight excluding hydrogens is 516 g/mol. The van der Waals surface area contributed by atoms with Crippen molar-refractivity contribution >= 4 is 17.8 Å². The number of fused-ring (bicyclic) bond motifs is 1. The van der Waals surface area contributed by atoms with Crippen LogP contribution in [0.25, 0.3) is 0 Å². The predicted octanol–water partition coefficient (Wildman–Crippen LogP) is 6.72. The number of nitrogens with one attached hydrogen (secondary N) is 1. The average Bonchev–Trinajstić information content (AvgIpc) is 3.58. The van der Waals surface area contributed by atoms with E-state index in [4.69, 9.17) is 9.47 Å². The summed E-state index contributed by atoms with van der Waals surface area (Å²) in [5, 5.41) is 3.43. The number of hydrogen-bond acceptors (Lipinski definition) is 6. The number of amides is 1. The highest BCUT2D eigenvalue weighted by atomic mass is 16.5. The van der Waals surface area contributed by atoms with Gasteiger partial charge in [-0.15, -0.1) is 0 Å². The monoisotopic (exact) mass is 570 g/mol. The van der Waals surface area contributed by atoms with Crippen molar-refractivity contribution in [2.45, 2.75) is 141 Å². The van der Waals surface area contributed by atoms with Gasteiger partial charge < -0.3 is 19.7 Å². The first-order valence-corrected chi connectivity index (χ1v) is 16.4. The van der Waals surface area contributed by atoms with Crippen LogP contribution in [-0.4, -0.2) is 54.0 Å². The van der Waals surface area contributed by atoms with Crippen LogP contribution < -0.4 is 5.32 Å². The molecule has 7 heteroatoms. The topological polar surface area (TPSA) is 84.9 Å². The molecule has 2 fully saturated rings. The summed E-state index contributed by atoms with van der Waals surface area (Å²) in [5.74, 6) is 0.124. The number of esters is 2. The number of rotatable bonds is 20. The third-order valence-corrected chi connectivity index (χ3v) is 8.77. The van der Waals surface area contributed by atoms with Gasteiger partial charge in [-0.05, 0) is 64.0 Å². The summed E-state index contributed by atoms with van der Waals surface area (Å²) in [5.41, 5.74) is 0.964. The molecule has 1 unspecified atom stereocenters. The number of carbonyl (C=O) groups is 3. The fourth-order valence-electron chi connectivity index (χ4n) is 6.49. The molecule has 1 saturated carbocycles. The van der Waals surface area contributed by atoms with E-state index in [0.29, 0.717) is 18.9 Å². The summed E-state index contributed by atoms with van der Waals surface area (Å²) in [4.78, 5) is 39.8. The molecular formula is C34H54N2O5. The Morgan fingerprint density at radius 1 is 0.878 bits per heavy atom. The van der Waals surface area contributed by atoms with E-state index in [0.717, 1.165) is 57.1 Å². The Morgan fingerprint density at radius 2 is 1.51 bits per heavy atom. The van der Waals surface area contributed by atoms with Gasteiger partial charge in [0, 0.05) is 12.5 Å². The lowest BCUT2D eigenvalue weighted by Gasteiger charge is -2.31. The van der Waals surface area contributed by atoms with Gasteiger partial charge in [0.15, 0.2) is 0 Å². The molecule has 1 N–H and O–H groups in total. The smallest absolute Gasteiger partial charge is 0.329 e. The Morgan fingerprint density at radius 3 is 2.17 bits per heavy atom. The second kappa shape index (κ2) is 18.9. The zero-order valence-corrected chi connectivity index (χ0v) is 25.6. The van der Waals surface area contributed by atoms with Gasteiger partial charge in [-0.25, -0.2) is 4.79 Å². The number of carbonyl (C=O) groups excluding carboxylic acids is 3. The van der Waals surface area contributed by atoms with E-state index in [1.807, 2.05) is 49.1 Å². The summed E-state index contributed by atoms with van der Waals surface area (Å²) in [6, 6.07) is 9.14. The van der Waals surface area contributed by atoms with Crippen LogP contribution in [0.4, 0.5) is 0 Å². The molecule has 0 spiro atoms. The molecule has 0 bridgehead atoms. The Bertz CT molecular complexity index is 908. The second-order valence-electron chi connectivity index (χ2n) is 12.0. The van der Waals surface area contributed by atoms with Gasteiger partial charge in [0.1, 0.15) is 12.6 Å². The predicted molar refractivity (Wildman–Crippen MR) is 162 cm³/mol. The summed E-state index contributed by atoms with van der Waals surface area (Å²) in [7, 11) is 0. The van der Waals surface area contributed by atoms with Crippen LogP contribution in [0.1, 0.15) is 122 Å². The maximum atomic E-state index is 13.5. The van der Waals surface area contributed by atoms with Crippen LogP contribution in [0.2, 0.25) is 0 Å². The third-order valence-electron chi connectivity index (χ3n) is 8.77. The van der Waals surface area contributed by atoms with Crippen molar-refractivity contribution in [3.05, 3.63) is 35.9 Å². The Hall–Kier alpha value is -2.41. The Kier molecular flexibility index (Phi) is 15.3. The molecule has 1 aromatic carbocycles. The van der Waals surface area contributed by atoms with Gasteiger partial charge in [-0.3, -0.25) is 9.59 Å². The Labute approximate surface area is 248 Å². The number of ether oxygens (including phenoxy) is 2. The maximum Gasteiger partial charge on any atom is 0.329 e. The number of nitrogens with zero attached hydrogens (tertiary/aromatic N) is 1. The molecule has 0 radical (unpaired) electrons. The molecule has 1 aliphatic heterocycles. The lowest BCUT2D eigenvalue weighted by Crippen LogP contribution is -2.52. The van der Waals surface area contributed by atoms with Crippen molar-refractivity contribution in [1.29, 1.82) is 0 Å². The van der Waals surface area contributed by atoms with Gasteiger partial charge in [0.05, 0.1) is 12.6 Å². The molecule has 230 valence electrons. The van der Waals surface area contributed by atoms with E-state index in [9.17, 15) is 14.4 Å². The fourth-order valence-corrected chi connectivity index (χ4v) is 6.49. The second-order valence-corrected chi connectivity index (χ2v) is 12.0. The molecule has 3 rings (SSSR count). The molecule has 2 aliphatic rings. The minimum atomic E-state index is -0.463. The minimum Gasteiger partial charge on any atom is -0.466 e. The van der Waals surface area contributed by atoms with Crippen molar-refractivity contribution < 1.29 is 23.9 Å². The molecule has 1 aromatic rings. The van der Waals surface area contributed by atoms with Crippen molar-refractivity contribution in [3.63, 3.8) is 0 Å². The van der Waals surface area contributed by atoms with Crippen molar-refractivity contribution in [2.75, 3.05) is 13.2 Å². The quantitative estimate of drug-likeness (QED) is 0.138. The Balaban J connectivity index is 1.25. The van der Waals surface area contributed by atoms with Gasteiger partial charge in [-0.1, -0.05) is 94.5 Å². The van der Waals surface area contributed by atoms with Crippen LogP contribution in [0.15, 0.2) is 30.3 Å². The van der Waals surface area contributed by atoms with Crippen LogP contribution in [0, 0.1) is 5.92 Å². The number of hydrogen-bond donors (Lipinski definition) is 1. The van der Waals surface area contributed by atoms with E-state index in [1.165, 1.54) is 51.4 Å². The summed E-state index contributed by atoms with van der Waals surface area (Å²) in [6.45, 7) is 5.34. The highest BCUT2D eigenvalue weighted by molar-refractivity contribution is 5.88. The van der Waals surface area contributed by atoms with E-state index in [1.54, 1.807) is 0 Å². The van der Waals surface area contributed by atoms with Gasteiger partial charge in [0.25, 0.3) is 0 Å². The van der Waals surface area contributed by atoms with Crippen LogP contribution in [0.5, 0.6) is 0 Å². The minimum absolute atomic E-state index is 0.0435. The number of benzene rings is 1. The first-order valence-electron chi connectivity index (χ1n) is 16.4. The zero-order chi connectivity index (χ0) is 29.3. The van der Waals surface area contributed by atoms with Gasteiger partial charge in [0.2, 0.25) is 5.91 Å². The number of unbranched alkanes of at least 4 members (excludes halogenated alkanes) is 10. The first kappa shape index (κ1) is 33.1. The van der Waals surface area contributed by atoms with E-state index in [-0.39, 0.29) is 36.5 Å². The molecule has 0 aromatic heterocycles. The summed E-state index contributed by atoms with van der Waals surface area (Å²) >= 11 is 0. The van der Waals surface area contributed by atoms with Crippen LogP contribution >= 0.6 is 0 Å². The SMILES string of the molecule is CCOC(=O)CCCCCCCCCCCCCNC(C)C(=O)N1[C@H](C(=O)OCc2ccccc2)C[C@@H]2CCC[C@@H]21. The molecule has 1 aliphatic carbocycles. The maximum absolute atomic E-state index is 13.5. The van der Waals surface area contributed by atoms with Gasteiger partial charge >= 0.3 is 11.9 Å². The highest BCUT2D eigenvalue weighted by Crippen LogP contribution is 2.42. The van der Waals surface area contributed by atoms with Crippen molar-refractivity contribution in [3.8, 4) is 0 Å². The first-order chi connectivity index (χ1) is 20.0. The molecule has 1 saturated heterocycles. The van der Waals surface area contributed by atoms with Crippen LogP contribution in [0.3, 0.4) is 0 Å². The third kappa shape index (κ3) is 11.4. The molecule has 1 amide bonds. The van der Waals surface area contributed by atoms with Crippen LogP contribution in [-0.2, 0) is 30.5 Å². The number of likely N-dealkylation sites (tertiary alicyclic amines) is 1. The standard InChI is InChI=1S/C34H54N2O5/c1-3-40-32(37)23-16-11-9-7-5-4-6-8-10-12-17-24-35-27(2)33(38)36-30-22-18-21-29(30)25-31(36)34(39)41-26-28-19-14-13-15-20-28/h13-15,19-20,27,29-31,35H,3-12,16-18,21-26H2,1-2H3/t27?,29-,30-,31-/m0/s1. The van der Waals surface area contributed by atoms with E-state index in [2.05, 4.69) is 5.32 Å².